The van der Waals surface area contributed by atoms with Crippen LogP contribution in [-0.2, 0) is 27.2 Å². The number of benzene rings is 1. The van der Waals surface area contributed by atoms with E-state index in [1.807, 2.05) is 23.6 Å². The molecule has 108 valence electrons. The minimum absolute atomic E-state index is 0.0595. The summed E-state index contributed by atoms with van der Waals surface area (Å²) in [4.78, 5) is 27.1. The molecule has 1 aliphatic rings. The molecule has 2 heterocycles. The minimum Gasteiger partial charge on any atom is -0.469 e. The van der Waals surface area contributed by atoms with Crippen LogP contribution in [-0.4, -0.2) is 24.0 Å². The number of nitrogens with zero attached hydrogens (tertiary/aromatic N) is 1. The Labute approximate surface area is 126 Å². The van der Waals surface area contributed by atoms with Gasteiger partial charge in [-0.1, -0.05) is 6.07 Å². The molecule has 2 aromatic rings. The molecule has 0 saturated carbocycles. The summed E-state index contributed by atoms with van der Waals surface area (Å²) in [6.45, 7) is 0. The Morgan fingerprint density at radius 2 is 2.29 bits per heavy atom. The molecule has 1 amide bonds. The molecule has 0 aliphatic carbocycles. The number of amides is 1. The lowest BCUT2D eigenvalue weighted by atomic mass is 9.99. The Morgan fingerprint density at radius 1 is 1.43 bits per heavy atom. The Bertz CT molecular complexity index is 709. The quantitative estimate of drug-likeness (QED) is 0.884. The van der Waals surface area contributed by atoms with Gasteiger partial charge in [0.1, 0.15) is 5.01 Å². The molecule has 0 unspecified atom stereocenters. The summed E-state index contributed by atoms with van der Waals surface area (Å²) < 4.78 is 4.64. The maximum absolute atomic E-state index is 11.3. The van der Waals surface area contributed by atoms with E-state index in [1.54, 1.807) is 0 Å². The molecular weight excluding hydrogens is 288 g/mol. The maximum atomic E-state index is 11.3. The van der Waals surface area contributed by atoms with Crippen LogP contribution in [0.4, 0.5) is 5.69 Å². The number of hydrogen-bond acceptors (Lipinski definition) is 5. The van der Waals surface area contributed by atoms with Gasteiger partial charge in [0.25, 0.3) is 0 Å². The van der Waals surface area contributed by atoms with Crippen LogP contribution < -0.4 is 5.32 Å². The zero-order valence-electron chi connectivity index (χ0n) is 11.5. The van der Waals surface area contributed by atoms with Crippen molar-refractivity contribution in [1.82, 2.24) is 4.98 Å². The normalized spacial score (nSPS) is 13.5. The lowest BCUT2D eigenvalue weighted by Gasteiger charge is -2.17. The Hall–Kier alpha value is -2.21. The first-order chi connectivity index (χ1) is 10.2. The van der Waals surface area contributed by atoms with Gasteiger partial charge in [0.05, 0.1) is 19.2 Å². The van der Waals surface area contributed by atoms with Gasteiger partial charge in [-0.3, -0.25) is 9.59 Å². The summed E-state index contributed by atoms with van der Waals surface area (Å²) in [7, 11) is 1.37. The van der Waals surface area contributed by atoms with Gasteiger partial charge in [0.15, 0.2) is 0 Å². The number of esters is 1. The molecule has 21 heavy (non-hydrogen) atoms. The second-order valence-corrected chi connectivity index (χ2v) is 5.74. The van der Waals surface area contributed by atoms with Crippen LogP contribution in [0.2, 0.25) is 0 Å². The van der Waals surface area contributed by atoms with E-state index in [1.165, 1.54) is 18.4 Å². The predicted octanol–water partition coefficient (Wildman–Crippen LogP) is 2.41. The number of aromatic nitrogens is 1. The van der Waals surface area contributed by atoms with Crippen LogP contribution in [0.25, 0.3) is 11.3 Å². The number of carbonyl (C=O) groups is 2. The topological polar surface area (TPSA) is 68.3 Å². The van der Waals surface area contributed by atoms with Gasteiger partial charge in [-0.15, -0.1) is 11.3 Å². The van der Waals surface area contributed by atoms with Crippen LogP contribution in [0.1, 0.15) is 17.0 Å². The van der Waals surface area contributed by atoms with Crippen LogP contribution in [0.3, 0.4) is 0 Å². The largest absolute Gasteiger partial charge is 0.469 e. The average molecular weight is 302 g/mol. The fraction of sp³-hybridized carbons (Fsp3) is 0.267. The first kappa shape index (κ1) is 13.8. The predicted molar refractivity (Wildman–Crippen MR) is 80.2 cm³/mol. The third-order valence-corrected chi connectivity index (χ3v) is 4.22. The standard InChI is InChI=1S/C15H14N2O3S/c1-20-15(19)7-14-17-12(8-21-14)10-2-4-11-9(6-10)3-5-13(18)16-11/h2,4,6,8H,3,5,7H2,1H3,(H,16,18). The van der Waals surface area contributed by atoms with Crippen LogP contribution in [0.5, 0.6) is 0 Å². The summed E-state index contributed by atoms with van der Waals surface area (Å²) >= 11 is 1.44. The molecule has 1 aromatic carbocycles. The van der Waals surface area contributed by atoms with Crippen LogP contribution >= 0.6 is 11.3 Å². The maximum Gasteiger partial charge on any atom is 0.312 e. The van der Waals surface area contributed by atoms with Gasteiger partial charge in [0, 0.05) is 23.1 Å². The van der Waals surface area contributed by atoms with E-state index < -0.39 is 0 Å². The number of ether oxygens (including phenoxy) is 1. The molecule has 0 atom stereocenters. The van der Waals surface area contributed by atoms with Crippen LogP contribution in [0, 0.1) is 0 Å². The number of aryl methyl sites for hydroxylation is 1. The summed E-state index contributed by atoms with van der Waals surface area (Å²) in [6, 6.07) is 5.88. The molecule has 5 nitrogen and oxygen atoms in total. The average Bonchev–Trinajstić information content (AvgIpc) is 2.95. The van der Waals surface area contributed by atoms with Crippen molar-refractivity contribution in [3.63, 3.8) is 0 Å². The van der Waals surface area contributed by atoms with Gasteiger partial charge in [-0.25, -0.2) is 4.98 Å². The van der Waals surface area contributed by atoms with Crippen molar-refractivity contribution in [2.24, 2.45) is 0 Å². The van der Waals surface area contributed by atoms with Gasteiger partial charge < -0.3 is 10.1 Å². The van der Waals surface area contributed by atoms with E-state index in [9.17, 15) is 9.59 Å². The Morgan fingerprint density at radius 3 is 3.10 bits per heavy atom. The number of hydrogen-bond donors (Lipinski definition) is 1. The fourth-order valence-corrected chi connectivity index (χ4v) is 3.05. The minimum atomic E-state index is -0.288. The number of nitrogens with one attached hydrogen (secondary N) is 1. The second kappa shape index (κ2) is 5.65. The molecule has 0 bridgehead atoms. The fourth-order valence-electron chi connectivity index (χ4n) is 2.26. The van der Waals surface area contributed by atoms with Gasteiger partial charge in [-0.05, 0) is 24.1 Å². The highest BCUT2D eigenvalue weighted by Crippen LogP contribution is 2.29. The summed E-state index contributed by atoms with van der Waals surface area (Å²) in [5, 5.41) is 5.53. The first-order valence-electron chi connectivity index (χ1n) is 6.60. The molecule has 0 fully saturated rings. The van der Waals surface area contributed by atoms with E-state index in [0.717, 1.165) is 33.9 Å². The summed E-state index contributed by atoms with van der Waals surface area (Å²) in [6.07, 6.45) is 1.46. The summed E-state index contributed by atoms with van der Waals surface area (Å²) in [5.74, 6) is -0.228. The number of thiazole rings is 1. The smallest absolute Gasteiger partial charge is 0.312 e. The zero-order chi connectivity index (χ0) is 14.8. The lowest BCUT2D eigenvalue weighted by Crippen LogP contribution is -2.18. The molecule has 1 aliphatic heterocycles. The molecule has 1 aromatic heterocycles. The van der Waals surface area contributed by atoms with Crippen LogP contribution in [0.15, 0.2) is 23.6 Å². The van der Waals surface area contributed by atoms with Gasteiger partial charge in [0.2, 0.25) is 5.91 Å². The van der Waals surface area contributed by atoms with Gasteiger partial charge in [-0.2, -0.15) is 0 Å². The van der Waals surface area contributed by atoms with E-state index in [-0.39, 0.29) is 18.3 Å². The number of fused-ring (bicyclic) bond motifs is 1. The first-order valence-corrected chi connectivity index (χ1v) is 7.48. The van der Waals surface area contributed by atoms with Crippen molar-refractivity contribution >= 4 is 28.9 Å². The van der Waals surface area contributed by atoms with Crippen molar-refractivity contribution in [2.45, 2.75) is 19.3 Å². The SMILES string of the molecule is COC(=O)Cc1nc(-c2ccc3c(c2)CCC(=O)N3)cs1. The van der Waals surface area contributed by atoms with E-state index >= 15 is 0 Å². The monoisotopic (exact) mass is 302 g/mol. The molecule has 3 rings (SSSR count). The molecule has 0 saturated heterocycles. The highest BCUT2D eigenvalue weighted by Gasteiger charge is 2.16. The van der Waals surface area contributed by atoms with E-state index in [4.69, 9.17) is 0 Å². The number of rotatable bonds is 3. The molecule has 6 heteroatoms. The van der Waals surface area contributed by atoms with Crippen molar-refractivity contribution in [2.75, 3.05) is 12.4 Å². The third kappa shape index (κ3) is 2.95. The Kier molecular flexibility index (Phi) is 3.70. The van der Waals surface area contributed by atoms with E-state index in [0.29, 0.717) is 6.42 Å². The molecule has 1 N–H and O–H groups in total. The zero-order valence-corrected chi connectivity index (χ0v) is 12.3. The number of methoxy groups -OCH3 is 1. The van der Waals surface area contributed by atoms with Crippen molar-refractivity contribution < 1.29 is 14.3 Å². The molecular formula is C15H14N2O3S. The second-order valence-electron chi connectivity index (χ2n) is 4.80. The number of carbonyl (C=O) groups excluding carboxylic acids is 2. The highest BCUT2D eigenvalue weighted by molar-refractivity contribution is 7.10. The van der Waals surface area contributed by atoms with Crippen molar-refractivity contribution in [3.8, 4) is 11.3 Å². The Balaban J connectivity index is 1.84. The highest BCUT2D eigenvalue weighted by atomic mass is 32.1. The number of anilines is 1. The third-order valence-electron chi connectivity index (χ3n) is 3.37. The van der Waals surface area contributed by atoms with E-state index in [2.05, 4.69) is 15.0 Å². The lowest BCUT2D eigenvalue weighted by molar-refractivity contribution is -0.139. The van der Waals surface area contributed by atoms with Gasteiger partial charge >= 0.3 is 5.97 Å². The van der Waals surface area contributed by atoms with Crippen molar-refractivity contribution in [3.05, 3.63) is 34.2 Å². The molecule has 0 radical (unpaired) electrons. The summed E-state index contributed by atoms with van der Waals surface area (Å²) in [5.41, 5.74) is 3.84. The van der Waals surface area contributed by atoms with Crippen molar-refractivity contribution in [1.29, 1.82) is 0 Å². The molecule has 0 spiro atoms.